The van der Waals surface area contributed by atoms with E-state index < -0.39 is 0 Å². The number of ether oxygens (including phenoxy) is 1. The van der Waals surface area contributed by atoms with Crippen molar-refractivity contribution in [2.45, 2.75) is 5.92 Å². The Bertz CT molecular complexity index is 955. The van der Waals surface area contributed by atoms with Gasteiger partial charge >= 0.3 is 0 Å². The van der Waals surface area contributed by atoms with Crippen molar-refractivity contribution in [3.63, 3.8) is 0 Å². The molecule has 1 aliphatic heterocycles. The zero-order valence-electron chi connectivity index (χ0n) is 12.6. The largest absolute Gasteiger partial charge is 0.421 e. The highest BCUT2D eigenvalue weighted by Crippen LogP contribution is 2.46. The maximum atomic E-state index is 9.56. The number of aromatic nitrogens is 1. The zero-order chi connectivity index (χ0) is 16.5. The molecule has 0 fully saturated rings. The summed E-state index contributed by atoms with van der Waals surface area (Å²) in [6.45, 7) is 0. The van der Waals surface area contributed by atoms with Gasteiger partial charge in [0.2, 0.25) is 11.8 Å². The van der Waals surface area contributed by atoms with Crippen LogP contribution in [0.25, 0.3) is 10.6 Å². The van der Waals surface area contributed by atoms with E-state index in [1.165, 1.54) is 11.3 Å². The number of fused-ring (bicyclic) bond motifs is 1. The highest BCUT2D eigenvalue weighted by molar-refractivity contribution is 7.15. The molecule has 0 spiro atoms. The molecule has 0 bridgehead atoms. The molecule has 0 saturated heterocycles. The number of nitrogens with zero attached hydrogens (tertiary/aromatic N) is 2. The fourth-order valence-electron chi connectivity index (χ4n) is 2.79. The summed E-state index contributed by atoms with van der Waals surface area (Å²) in [4.78, 5) is 5.50. The lowest BCUT2D eigenvalue weighted by Gasteiger charge is -2.22. The number of allylic oxidation sites excluding steroid dienone is 1. The van der Waals surface area contributed by atoms with E-state index in [1.54, 1.807) is 0 Å². The molecule has 4 rings (SSSR count). The number of nitrogens with two attached hydrogens (primary N) is 1. The fourth-order valence-corrected chi connectivity index (χ4v) is 3.93. The van der Waals surface area contributed by atoms with Crippen LogP contribution in [0.4, 0.5) is 0 Å². The standard InChI is InChI=1S/C19H13N3OS/c20-11-14-15(12-7-3-1-4-8-12)16-18(23-17(14)21)22-19(24-16)13-9-5-2-6-10-13/h1-10,15H,21H2/t15-/m1/s1. The van der Waals surface area contributed by atoms with Crippen LogP contribution in [0, 0.1) is 11.3 Å². The maximum absolute atomic E-state index is 9.56. The van der Waals surface area contributed by atoms with E-state index in [0.717, 1.165) is 21.0 Å². The summed E-state index contributed by atoms with van der Waals surface area (Å²) in [5, 5.41) is 10.4. The molecule has 4 nitrogen and oxygen atoms in total. The second-order valence-electron chi connectivity index (χ2n) is 5.39. The number of benzene rings is 2. The number of nitriles is 1. The minimum absolute atomic E-state index is 0.128. The number of hydrogen-bond acceptors (Lipinski definition) is 5. The number of rotatable bonds is 2. The summed E-state index contributed by atoms with van der Waals surface area (Å²) in [5.41, 5.74) is 8.43. The third-order valence-electron chi connectivity index (χ3n) is 3.92. The monoisotopic (exact) mass is 331 g/mol. The number of hydrogen-bond donors (Lipinski definition) is 1. The molecule has 2 aromatic carbocycles. The van der Waals surface area contributed by atoms with Crippen molar-refractivity contribution < 1.29 is 4.74 Å². The predicted molar refractivity (Wildman–Crippen MR) is 93.3 cm³/mol. The van der Waals surface area contributed by atoms with Crippen LogP contribution in [0.2, 0.25) is 0 Å². The van der Waals surface area contributed by atoms with Crippen LogP contribution < -0.4 is 10.5 Å². The normalized spacial score (nSPS) is 16.2. The lowest BCUT2D eigenvalue weighted by Crippen LogP contribution is -2.20. The van der Waals surface area contributed by atoms with E-state index in [9.17, 15) is 5.26 Å². The van der Waals surface area contributed by atoms with Gasteiger partial charge in [0.25, 0.3) is 0 Å². The summed E-state index contributed by atoms with van der Waals surface area (Å²) in [6, 6.07) is 22.0. The molecule has 1 aromatic heterocycles. The molecule has 0 amide bonds. The topological polar surface area (TPSA) is 71.9 Å². The van der Waals surface area contributed by atoms with Gasteiger partial charge in [-0.15, -0.1) is 11.3 Å². The molecule has 0 aliphatic carbocycles. The van der Waals surface area contributed by atoms with Crippen molar-refractivity contribution in [2.24, 2.45) is 5.73 Å². The fraction of sp³-hybridized carbons (Fsp3) is 0.0526. The molecular formula is C19H13N3OS. The van der Waals surface area contributed by atoms with E-state index in [2.05, 4.69) is 11.1 Å². The average Bonchev–Trinajstić information content (AvgIpc) is 3.05. The Morgan fingerprint density at radius 3 is 2.38 bits per heavy atom. The van der Waals surface area contributed by atoms with Crippen LogP contribution in [0.1, 0.15) is 16.4 Å². The van der Waals surface area contributed by atoms with Crippen molar-refractivity contribution in [3.8, 4) is 22.5 Å². The van der Waals surface area contributed by atoms with Gasteiger partial charge in [0.1, 0.15) is 16.6 Å². The van der Waals surface area contributed by atoms with E-state index in [1.807, 2.05) is 60.7 Å². The third-order valence-corrected chi connectivity index (χ3v) is 5.07. The van der Waals surface area contributed by atoms with Crippen LogP contribution in [-0.2, 0) is 0 Å². The van der Waals surface area contributed by atoms with Gasteiger partial charge in [-0.3, -0.25) is 0 Å². The van der Waals surface area contributed by atoms with Gasteiger partial charge in [-0.05, 0) is 5.56 Å². The van der Waals surface area contributed by atoms with Crippen molar-refractivity contribution in [2.75, 3.05) is 0 Å². The Morgan fingerprint density at radius 1 is 1.04 bits per heavy atom. The molecule has 0 saturated carbocycles. The third kappa shape index (κ3) is 2.34. The first kappa shape index (κ1) is 14.5. The van der Waals surface area contributed by atoms with E-state index in [-0.39, 0.29) is 11.8 Å². The second kappa shape index (κ2) is 5.84. The van der Waals surface area contributed by atoms with Crippen molar-refractivity contribution >= 4 is 11.3 Å². The summed E-state index contributed by atoms with van der Waals surface area (Å²) in [6.07, 6.45) is 0. The van der Waals surface area contributed by atoms with Crippen molar-refractivity contribution in [1.29, 1.82) is 5.26 Å². The van der Waals surface area contributed by atoms with Gasteiger partial charge in [-0.2, -0.15) is 5.26 Å². The summed E-state index contributed by atoms with van der Waals surface area (Å²) in [5.74, 6) is 0.378. The van der Waals surface area contributed by atoms with Gasteiger partial charge in [-0.1, -0.05) is 60.7 Å². The minimum atomic E-state index is -0.241. The summed E-state index contributed by atoms with van der Waals surface area (Å²) in [7, 11) is 0. The molecule has 2 heterocycles. The van der Waals surface area contributed by atoms with Crippen LogP contribution >= 0.6 is 11.3 Å². The first-order chi connectivity index (χ1) is 11.8. The lowest BCUT2D eigenvalue weighted by atomic mass is 9.89. The van der Waals surface area contributed by atoms with E-state index in [0.29, 0.717) is 11.5 Å². The van der Waals surface area contributed by atoms with Gasteiger partial charge in [-0.25, -0.2) is 4.98 Å². The molecule has 116 valence electrons. The molecule has 0 unspecified atom stereocenters. The minimum Gasteiger partial charge on any atom is -0.421 e. The Hall–Kier alpha value is -3.10. The second-order valence-corrected chi connectivity index (χ2v) is 6.42. The lowest BCUT2D eigenvalue weighted by molar-refractivity contribution is 0.383. The van der Waals surface area contributed by atoms with Crippen molar-refractivity contribution in [1.82, 2.24) is 4.98 Å². The smallest absolute Gasteiger partial charge is 0.236 e. The molecule has 2 N–H and O–H groups in total. The first-order valence-corrected chi connectivity index (χ1v) is 8.28. The Labute approximate surface area is 143 Å². The van der Waals surface area contributed by atoms with Gasteiger partial charge in [0, 0.05) is 5.56 Å². The first-order valence-electron chi connectivity index (χ1n) is 7.46. The SMILES string of the molecule is N#CC1=C(N)Oc2nc(-c3ccccc3)sc2[C@@H]1c1ccccc1. The van der Waals surface area contributed by atoms with E-state index in [4.69, 9.17) is 10.5 Å². The van der Waals surface area contributed by atoms with Crippen LogP contribution in [-0.4, -0.2) is 4.98 Å². The average molecular weight is 331 g/mol. The molecular weight excluding hydrogens is 318 g/mol. The van der Waals surface area contributed by atoms with E-state index >= 15 is 0 Å². The number of thiazole rings is 1. The Balaban J connectivity index is 1.88. The molecule has 0 radical (unpaired) electrons. The van der Waals surface area contributed by atoms with Crippen LogP contribution in [0.3, 0.4) is 0 Å². The van der Waals surface area contributed by atoms with Gasteiger partial charge in [0.05, 0.1) is 10.8 Å². The molecule has 24 heavy (non-hydrogen) atoms. The maximum Gasteiger partial charge on any atom is 0.236 e. The molecule has 5 heteroatoms. The van der Waals surface area contributed by atoms with Gasteiger partial charge in [0.15, 0.2) is 0 Å². The highest BCUT2D eigenvalue weighted by Gasteiger charge is 2.34. The summed E-state index contributed by atoms with van der Waals surface area (Å²) < 4.78 is 5.62. The van der Waals surface area contributed by atoms with Crippen LogP contribution in [0.15, 0.2) is 72.1 Å². The molecule has 3 aromatic rings. The Kier molecular flexibility index (Phi) is 3.52. The summed E-state index contributed by atoms with van der Waals surface area (Å²) >= 11 is 1.54. The molecule has 1 atom stereocenters. The quantitative estimate of drug-likeness (QED) is 0.769. The molecule has 1 aliphatic rings. The predicted octanol–water partition coefficient (Wildman–Crippen LogP) is 4.03. The Morgan fingerprint density at radius 2 is 1.71 bits per heavy atom. The zero-order valence-corrected chi connectivity index (χ0v) is 13.5. The highest BCUT2D eigenvalue weighted by atomic mass is 32.1. The van der Waals surface area contributed by atoms with Crippen molar-refractivity contribution in [3.05, 3.63) is 82.6 Å². The van der Waals surface area contributed by atoms with Gasteiger partial charge < -0.3 is 10.5 Å². The van der Waals surface area contributed by atoms with Crippen LogP contribution in [0.5, 0.6) is 5.88 Å².